The second-order valence-electron chi connectivity index (χ2n) is 6.13. The second-order valence-corrected chi connectivity index (χ2v) is 8.07. The average molecular weight is 309 g/mol. The third kappa shape index (κ3) is 3.52. The van der Waals surface area contributed by atoms with Crippen LogP contribution in [0.25, 0.3) is 0 Å². The molecule has 0 radical (unpaired) electrons. The monoisotopic (exact) mass is 309 g/mol. The zero-order valence-electron chi connectivity index (χ0n) is 12.9. The Morgan fingerprint density at radius 2 is 1.67 bits per heavy atom. The number of nitrogens with zero attached hydrogens (tertiary/aromatic N) is 1. The molecular formula is C16H23NO3S. The van der Waals surface area contributed by atoms with Gasteiger partial charge in [0.15, 0.2) is 5.78 Å². The number of sulfonamides is 1. The lowest BCUT2D eigenvalue weighted by Crippen LogP contribution is -2.37. The molecule has 5 heteroatoms. The highest BCUT2D eigenvalue weighted by Gasteiger charge is 2.28. The van der Waals surface area contributed by atoms with Crippen LogP contribution in [0.2, 0.25) is 0 Å². The van der Waals surface area contributed by atoms with E-state index >= 15 is 0 Å². The van der Waals surface area contributed by atoms with Gasteiger partial charge >= 0.3 is 0 Å². The summed E-state index contributed by atoms with van der Waals surface area (Å²) in [6.07, 6.45) is 1.81. The van der Waals surface area contributed by atoms with Gasteiger partial charge in [0, 0.05) is 24.6 Å². The average Bonchev–Trinajstić information content (AvgIpc) is 2.47. The highest BCUT2D eigenvalue weighted by Crippen LogP contribution is 2.24. The van der Waals surface area contributed by atoms with E-state index in [1.807, 2.05) is 13.8 Å². The summed E-state index contributed by atoms with van der Waals surface area (Å²) in [6.45, 7) is 6.98. The van der Waals surface area contributed by atoms with E-state index in [4.69, 9.17) is 0 Å². The van der Waals surface area contributed by atoms with Crippen molar-refractivity contribution in [1.82, 2.24) is 4.31 Å². The Balaban J connectivity index is 2.19. The Morgan fingerprint density at radius 3 is 2.14 bits per heavy atom. The van der Waals surface area contributed by atoms with Crippen molar-refractivity contribution in [1.29, 1.82) is 0 Å². The number of piperidine rings is 1. The van der Waals surface area contributed by atoms with Gasteiger partial charge in [0.1, 0.15) is 0 Å². The molecule has 0 aromatic heterocycles. The van der Waals surface area contributed by atoms with E-state index < -0.39 is 10.0 Å². The lowest BCUT2D eigenvalue weighted by Gasteiger charge is -2.29. The normalized spacial score (nSPS) is 18.1. The van der Waals surface area contributed by atoms with Crippen molar-refractivity contribution in [3.63, 3.8) is 0 Å². The molecule has 0 unspecified atom stereocenters. The molecule has 21 heavy (non-hydrogen) atoms. The predicted octanol–water partition coefficient (Wildman–Crippen LogP) is 2.95. The Morgan fingerprint density at radius 1 is 1.14 bits per heavy atom. The smallest absolute Gasteiger partial charge is 0.243 e. The number of hydrogen-bond donors (Lipinski definition) is 0. The first-order valence-corrected chi connectivity index (χ1v) is 8.91. The van der Waals surface area contributed by atoms with Crippen LogP contribution in [0.3, 0.4) is 0 Å². The molecule has 1 aliphatic heterocycles. The van der Waals surface area contributed by atoms with Gasteiger partial charge in [0.2, 0.25) is 10.0 Å². The molecule has 1 aromatic rings. The van der Waals surface area contributed by atoms with Crippen molar-refractivity contribution in [2.24, 2.45) is 11.8 Å². The summed E-state index contributed by atoms with van der Waals surface area (Å²) >= 11 is 0. The number of Topliss-reactive ketones (excluding diaryl/α,β-unsaturated/α-hetero) is 1. The van der Waals surface area contributed by atoms with Crippen LogP contribution in [0, 0.1) is 11.8 Å². The number of ketones is 1. The summed E-state index contributed by atoms with van der Waals surface area (Å²) in [5.74, 6) is 0.532. The molecule has 1 aromatic carbocycles. The molecule has 4 nitrogen and oxygen atoms in total. The molecule has 116 valence electrons. The molecule has 0 N–H and O–H groups in total. The number of hydrogen-bond acceptors (Lipinski definition) is 3. The molecule has 0 aliphatic carbocycles. The molecule has 1 heterocycles. The maximum atomic E-state index is 12.5. The van der Waals surface area contributed by atoms with E-state index in [9.17, 15) is 13.2 Å². The number of benzene rings is 1. The van der Waals surface area contributed by atoms with Crippen LogP contribution in [0.4, 0.5) is 0 Å². The summed E-state index contributed by atoms with van der Waals surface area (Å²) in [7, 11) is -3.43. The molecule has 0 saturated carbocycles. The fourth-order valence-electron chi connectivity index (χ4n) is 2.50. The molecule has 1 saturated heterocycles. The maximum Gasteiger partial charge on any atom is 0.243 e. The molecule has 0 spiro atoms. The van der Waals surface area contributed by atoms with Gasteiger partial charge in [-0.1, -0.05) is 32.9 Å². The first-order valence-electron chi connectivity index (χ1n) is 7.47. The molecular weight excluding hydrogens is 286 g/mol. The van der Waals surface area contributed by atoms with Gasteiger partial charge in [-0.2, -0.15) is 4.31 Å². The van der Waals surface area contributed by atoms with E-state index in [0.717, 1.165) is 12.8 Å². The number of rotatable bonds is 4. The summed E-state index contributed by atoms with van der Waals surface area (Å²) in [4.78, 5) is 12.2. The van der Waals surface area contributed by atoms with E-state index in [1.165, 1.54) is 0 Å². The maximum absolute atomic E-state index is 12.5. The minimum absolute atomic E-state index is 0.0331. The van der Waals surface area contributed by atoms with Crippen molar-refractivity contribution >= 4 is 15.8 Å². The van der Waals surface area contributed by atoms with Crippen LogP contribution < -0.4 is 0 Å². The number of carbonyl (C=O) groups excluding carboxylic acids is 1. The zero-order chi connectivity index (χ0) is 15.6. The topological polar surface area (TPSA) is 54.5 Å². The fraction of sp³-hybridized carbons (Fsp3) is 0.562. The van der Waals surface area contributed by atoms with Crippen molar-refractivity contribution in [3.8, 4) is 0 Å². The van der Waals surface area contributed by atoms with E-state index in [-0.39, 0.29) is 16.6 Å². The van der Waals surface area contributed by atoms with Crippen LogP contribution in [0.15, 0.2) is 29.2 Å². The molecule has 2 rings (SSSR count). The lowest BCUT2D eigenvalue weighted by molar-refractivity contribution is 0.0939. The summed E-state index contributed by atoms with van der Waals surface area (Å²) < 4.78 is 26.6. The second kappa shape index (κ2) is 6.28. The Kier molecular flexibility index (Phi) is 4.84. The lowest BCUT2D eigenvalue weighted by atomic mass is 10.0. The largest absolute Gasteiger partial charge is 0.294 e. The minimum atomic E-state index is -3.43. The van der Waals surface area contributed by atoms with Crippen molar-refractivity contribution in [3.05, 3.63) is 29.8 Å². The van der Waals surface area contributed by atoms with Gasteiger partial charge in [0.05, 0.1) is 4.90 Å². The van der Waals surface area contributed by atoms with E-state index in [2.05, 4.69) is 6.92 Å². The molecule has 1 aliphatic rings. The standard InChI is InChI=1S/C16H23NO3S/c1-12(2)16(18)14-4-6-15(7-5-14)21(19,20)17-10-8-13(3)9-11-17/h4-7,12-13H,8-11H2,1-3H3. The number of carbonyl (C=O) groups is 1. The molecule has 0 bridgehead atoms. The van der Waals surface area contributed by atoms with E-state index in [1.54, 1.807) is 28.6 Å². The first-order chi connectivity index (χ1) is 9.82. The summed E-state index contributed by atoms with van der Waals surface area (Å²) in [6, 6.07) is 6.32. The third-order valence-electron chi connectivity index (χ3n) is 4.04. The Labute approximate surface area is 127 Å². The quantitative estimate of drug-likeness (QED) is 0.804. The van der Waals surface area contributed by atoms with Gasteiger partial charge in [0.25, 0.3) is 0 Å². The van der Waals surface area contributed by atoms with Crippen LogP contribution in [0.1, 0.15) is 44.0 Å². The zero-order valence-corrected chi connectivity index (χ0v) is 13.7. The highest BCUT2D eigenvalue weighted by atomic mass is 32.2. The predicted molar refractivity (Wildman–Crippen MR) is 82.8 cm³/mol. The summed E-state index contributed by atoms with van der Waals surface area (Å²) in [5, 5.41) is 0. The Hall–Kier alpha value is -1.20. The third-order valence-corrected chi connectivity index (χ3v) is 5.96. The van der Waals surface area contributed by atoms with Gasteiger partial charge in [-0.25, -0.2) is 8.42 Å². The van der Waals surface area contributed by atoms with Crippen LogP contribution in [0.5, 0.6) is 0 Å². The first kappa shape index (κ1) is 16.2. The van der Waals surface area contributed by atoms with E-state index in [0.29, 0.717) is 24.6 Å². The van der Waals surface area contributed by atoms with Crippen LogP contribution in [-0.2, 0) is 10.0 Å². The van der Waals surface area contributed by atoms with Gasteiger partial charge in [-0.3, -0.25) is 4.79 Å². The highest BCUT2D eigenvalue weighted by molar-refractivity contribution is 7.89. The van der Waals surface area contributed by atoms with Gasteiger partial charge in [-0.05, 0) is 30.9 Å². The van der Waals surface area contributed by atoms with Gasteiger partial charge in [-0.15, -0.1) is 0 Å². The van der Waals surface area contributed by atoms with Gasteiger partial charge < -0.3 is 0 Å². The van der Waals surface area contributed by atoms with Crippen molar-refractivity contribution in [2.45, 2.75) is 38.5 Å². The molecule has 0 amide bonds. The molecule has 0 atom stereocenters. The SMILES string of the molecule is CC1CCN(S(=O)(=O)c2ccc(C(=O)C(C)C)cc2)CC1. The van der Waals surface area contributed by atoms with Crippen LogP contribution in [-0.4, -0.2) is 31.6 Å². The minimum Gasteiger partial charge on any atom is -0.294 e. The fourth-order valence-corrected chi connectivity index (χ4v) is 3.97. The van der Waals surface area contributed by atoms with Crippen molar-refractivity contribution < 1.29 is 13.2 Å². The van der Waals surface area contributed by atoms with Crippen molar-refractivity contribution in [2.75, 3.05) is 13.1 Å². The van der Waals surface area contributed by atoms with Crippen LogP contribution >= 0.6 is 0 Å². The molecule has 1 fully saturated rings. The Bertz CT molecular complexity index is 597. The summed E-state index contributed by atoms with van der Waals surface area (Å²) in [5.41, 5.74) is 0.566.